The van der Waals surface area contributed by atoms with Crippen LogP contribution in [0.25, 0.3) is 0 Å². The summed E-state index contributed by atoms with van der Waals surface area (Å²) in [6, 6.07) is 2.85. The molecule has 1 aliphatic heterocycles. The van der Waals surface area contributed by atoms with Crippen LogP contribution >= 0.6 is 0 Å². The van der Waals surface area contributed by atoms with Gasteiger partial charge in [-0.2, -0.15) is 13.2 Å². The van der Waals surface area contributed by atoms with Crippen molar-refractivity contribution in [1.29, 1.82) is 0 Å². The van der Waals surface area contributed by atoms with Crippen LogP contribution in [0.1, 0.15) is 30.1 Å². The maximum Gasteiger partial charge on any atom is 0.416 e. The zero-order valence-electron chi connectivity index (χ0n) is 10.4. The second-order valence-electron chi connectivity index (χ2n) is 4.60. The van der Waals surface area contributed by atoms with Gasteiger partial charge in [-0.3, -0.25) is 0 Å². The molecule has 6 heteroatoms. The van der Waals surface area contributed by atoms with E-state index in [1.165, 1.54) is 6.07 Å². The Labute approximate surface area is 108 Å². The van der Waals surface area contributed by atoms with Crippen molar-refractivity contribution < 1.29 is 22.3 Å². The Morgan fingerprint density at radius 2 is 2.05 bits per heavy atom. The number of benzene rings is 1. The summed E-state index contributed by atoms with van der Waals surface area (Å²) in [6.07, 6.45) is -4.02. The molecule has 1 aromatic carbocycles. The van der Waals surface area contributed by atoms with E-state index in [4.69, 9.17) is 4.74 Å². The summed E-state index contributed by atoms with van der Waals surface area (Å²) in [5.41, 5.74) is -0.942. The Morgan fingerprint density at radius 1 is 1.32 bits per heavy atom. The van der Waals surface area contributed by atoms with Crippen LogP contribution in [0.15, 0.2) is 18.2 Å². The van der Waals surface area contributed by atoms with E-state index in [1.807, 2.05) is 0 Å². The monoisotopic (exact) mass is 277 g/mol. The van der Waals surface area contributed by atoms with Gasteiger partial charge >= 0.3 is 6.18 Å². The SMILES string of the molecule is CNC1CCOC(c2ccc(F)cc2C(F)(F)F)C1. The second kappa shape index (κ2) is 5.46. The van der Waals surface area contributed by atoms with E-state index in [-0.39, 0.29) is 11.6 Å². The van der Waals surface area contributed by atoms with Crippen LogP contribution in [0.4, 0.5) is 17.6 Å². The molecule has 1 heterocycles. The molecule has 19 heavy (non-hydrogen) atoms. The van der Waals surface area contributed by atoms with E-state index >= 15 is 0 Å². The van der Waals surface area contributed by atoms with Crippen LogP contribution < -0.4 is 5.32 Å². The third-order valence-electron chi connectivity index (χ3n) is 3.36. The van der Waals surface area contributed by atoms with Gasteiger partial charge in [0.05, 0.1) is 11.7 Å². The van der Waals surface area contributed by atoms with E-state index in [0.717, 1.165) is 12.5 Å². The van der Waals surface area contributed by atoms with Gasteiger partial charge < -0.3 is 10.1 Å². The molecule has 2 atom stereocenters. The number of rotatable bonds is 2. The smallest absolute Gasteiger partial charge is 0.373 e. The molecule has 0 spiro atoms. The first-order valence-corrected chi connectivity index (χ1v) is 6.07. The van der Waals surface area contributed by atoms with Crippen molar-refractivity contribution in [2.45, 2.75) is 31.2 Å². The fourth-order valence-corrected chi connectivity index (χ4v) is 2.33. The van der Waals surface area contributed by atoms with E-state index in [0.29, 0.717) is 19.1 Å². The predicted molar refractivity (Wildman–Crippen MR) is 62.2 cm³/mol. The van der Waals surface area contributed by atoms with Gasteiger partial charge in [0, 0.05) is 12.6 Å². The third-order valence-corrected chi connectivity index (χ3v) is 3.36. The highest BCUT2D eigenvalue weighted by molar-refractivity contribution is 5.32. The number of nitrogens with one attached hydrogen (secondary N) is 1. The van der Waals surface area contributed by atoms with E-state index in [2.05, 4.69) is 5.32 Å². The van der Waals surface area contributed by atoms with E-state index in [1.54, 1.807) is 7.05 Å². The number of ether oxygens (including phenoxy) is 1. The van der Waals surface area contributed by atoms with Crippen molar-refractivity contribution in [1.82, 2.24) is 5.32 Å². The minimum absolute atomic E-state index is 0.00819. The molecule has 0 aliphatic carbocycles. The van der Waals surface area contributed by atoms with Crippen LogP contribution in [0.5, 0.6) is 0 Å². The van der Waals surface area contributed by atoms with Crippen molar-refractivity contribution in [2.75, 3.05) is 13.7 Å². The van der Waals surface area contributed by atoms with Gasteiger partial charge in [-0.05, 0) is 37.6 Å². The standard InChI is InChI=1S/C13H15F4NO/c1-18-9-4-5-19-12(7-9)10-3-2-8(14)6-11(10)13(15,16)17/h2-3,6,9,12,18H,4-5,7H2,1H3. The van der Waals surface area contributed by atoms with Crippen molar-refractivity contribution in [2.24, 2.45) is 0 Å². The number of hydrogen-bond donors (Lipinski definition) is 1. The summed E-state index contributed by atoms with van der Waals surface area (Å²) in [7, 11) is 1.77. The Kier molecular flexibility index (Phi) is 4.10. The minimum Gasteiger partial charge on any atom is -0.373 e. The third kappa shape index (κ3) is 3.25. The Hall–Kier alpha value is -1.14. The average molecular weight is 277 g/mol. The first-order chi connectivity index (χ1) is 8.91. The number of alkyl halides is 3. The summed E-state index contributed by atoms with van der Waals surface area (Å²) in [5.74, 6) is -0.892. The van der Waals surface area contributed by atoms with Gasteiger partial charge in [0.2, 0.25) is 0 Å². The summed E-state index contributed by atoms with van der Waals surface area (Å²) in [6.45, 7) is 0.394. The molecule has 0 radical (unpaired) electrons. The Bertz CT molecular complexity index is 447. The van der Waals surface area contributed by atoms with Crippen LogP contribution in [0.2, 0.25) is 0 Å². The molecule has 1 aromatic rings. The van der Waals surface area contributed by atoms with Gasteiger partial charge in [0.15, 0.2) is 0 Å². The Balaban J connectivity index is 2.33. The highest BCUT2D eigenvalue weighted by atomic mass is 19.4. The molecule has 0 amide bonds. The fraction of sp³-hybridized carbons (Fsp3) is 0.538. The summed E-state index contributed by atoms with van der Waals surface area (Å²) in [4.78, 5) is 0. The molecule has 2 unspecified atom stereocenters. The summed E-state index contributed by atoms with van der Waals surface area (Å²) >= 11 is 0. The van der Waals surface area contributed by atoms with Crippen LogP contribution in [-0.4, -0.2) is 19.7 Å². The van der Waals surface area contributed by atoms with Crippen molar-refractivity contribution in [3.63, 3.8) is 0 Å². The molecule has 2 rings (SSSR count). The molecule has 1 aliphatic rings. The zero-order valence-corrected chi connectivity index (χ0v) is 10.4. The first kappa shape index (κ1) is 14.3. The molecule has 1 fully saturated rings. The van der Waals surface area contributed by atoms with Crippen LogP contribution in [0.3, 0.4) is 0 Å². The molecule has 0 aromatic heterocycles. The van der Waals surface area contributed by atoms with Crippen molar-refractivity contribution in [3.8, 4) is 0 Å². The predicted octanol–water partition coefficient (Wildman–Crippen LogP) is 3.28. The molecule has 106 valence electrons. The molecule has 2 nitrogen and oxygen atoms in total. The second-order valence-corrected chi connectivity index (χ2v) is 4.60. The van der Waals surface area contributed by atoms with Gasteiger partial charge in [0.1, 0.15) is 5.82 Å². The normalized spacial score (nSPS) is 24.5. The molecule has 0 bridgehead atoms. The minimum atomic E-state index is -4.58. The van der Waals surface area contributed by atoms with Gasteiger partial charge in [-0.25, -0.2) is 4.39 Å². The highest BCUT2D eigenvalue weighted by Gasteiger charge is 2.37. The van der Waals surface area contributed by atoms with Crippen molar-refractivity contribution in [3.05, 3.63) is 35.1 Å². The molecule has 0 saturated carbocycles. The van der Waals surface area contributed by atoms with Crippen LogP contribution in [0, 0.1) is 5.82 Å². The molecular weight excluding hydrogens is 262 g/mol. The molecule has 1 saturated heterocycles. The van der Waals surface area contributed by atoms with Gasteiger partial charge in [-0.1, -0.05) is 6.07 Å². The summed E-state index contributed by atoms with van der Waals surface area (Å²) in [5, 5.41) is 3.04. The van der Waals surface area contributed by atoms with Crippen LogP contribution in [-0.2, 0) is 10.9 Å². The number of halogens is 4. The van der Waals surface area contributed by atoms with Crippen molar-refractivity contribution >= 4 is 0 Å². The highest BCUT2D eigenvalue weighted by Crippen LogP contribution is 2.38. The molecule has 1 N–H and O–H groups in total. The lowest BCUT2D eigenvalue weighted by Crippen LogP contribution is -2.34. The Morgan fingerprint density at radius 3 is 2.68 bits per heavy atom. The zero-order chi connectivity index (χ0) is 14.0. The lowest BCUT2D eigenvalue weighted by Gasteiger charge is -2.31. The van der Waals surface area contributed by atoms with E-state index < -0.39 is 23.7 Å². The van der Waals surface area contributed by atoms with Gasteiger partial charge in [0.25, 0.3) is 0 Å². The number of hydrogen-bond acceptors (Lipinski definition) is 2. The fourth-order valence-electron chi connectivity index (χ4n) is 2.33. The average Bonchev–Trinajstić information content (AvgIpc) is 2.37. The van der Waals surface area contributed by atoms with Gasteiger partial charge in [-0.15, -0.1) is 0 Å². The first-order valence-electron chi connectivity index (χ1n) is 6.07. The largest absolute Gasteiger partial charge is 0.416 e. The van der Waals surface area contributed by atoms with E-state index in [9.17, 15) is 17.6 Å². The maximum atomic E-state index is 13.0. The summed E-state index contributed by atoms with van der Waals surface area (Å²) < 4.78 is 57.2. The lowest BCUT2D eigenvalue weighted by atomic mass is 9.94. The lowest BCUT2D eigenvalue weighted by molar-refractivity contribution is -0.140. The maximum absolute atomic E-state index is 13.0. The molecular formula is C13H15F4NO. The quantitative estimate of drug-likeness (QED) is 0.838. The topological polar surface area (TPSA) is 21.3 Å².